The van der Waals surface area contributed by atoms with Gasteiger partial charge in [-0.3, -0.25) is 4.79 Å². The average molecular weight is 284 g/mol. The van der Waals surface area contributed by atoms with Crippen molar-refractivity contribution in [3.63, 3.8) is 0 Å². The molecule has 0 unspecified atom stereocenters. The quantitative estimate of drug-likeness (QED) is 0.768. The minimum absolute atomic E-state index is 0.0300. The SMILES string of the molecule is C[C@H]([NH2+][C@H](C)c1ccco1)c1nc2ccccc2c(=O)[nH]1. The van der Waals surface area contributed by atoms with E-state index >= 15 is 0 Å². The molecule has 0 bridgehead atoms. The predicted molar refractivity (Wildman–Crippen MR) is 79.8 cm³/mol. The summed E-state index contributed by atoms with van der Waals surface area (Å²) in [5, 5.41) is 2.74. The number of benzene rings is 1. The Morgan fingerprint density at radius 1 is 1.14 bits per heavy atom. The van der Waals surface area contributed by atoms with Gasteiger partial charge in [-0.25, -0.2) is 4.98 Å². The first kappa shape index (κ1) is 13.6. The minimum Gasteiger partial charge on any atom is -0.463 e. The fraction of sp³-hybridized carbons (Fsp3) is 0.250. The van der Waals surface area contributed by atoms with Crippen molar-refractivity contribution in [2.45, 2.75) is 25.9 Å². The third-order valence-corrected chi connectivity index (χ3v) is 3.63. The van der Waals surface area contributed by atoms with E-state index in [2.05, 4.69) is 22.2 Å². The number of quaternary nitrogens is 1. The number of fused-ring (bicyclic) bond motifs is 1. The van der Waals surface area contributed by atoms with Crippen LogP contribution in [0.4, 0.5) is 0 Å². The molecular formula is C16H18N3O2+. The van der Waals surface area contributed by atoms with Crippen molar-refractivity contribution < 1.29 is 9.73 Å². The molecule has 1 aromatic carbocycles. The van der Waals surface area contributed by atoms with Gasteiger partial charge in [0.2, 0.25) is 0 Å². The molecule has 21 heavy (non-hydrogen) atoms. The van der Waals surface area contributed by atoms with Gasteiger partial charge in [0.05, 0.1) is 17.2 Å². The van der Waals surface area contributed by atoms with E-state index in [0.717, 1.165) is 11.3 Å². The maximum absolute atomic E-state index is 12.1. The Bertz CT molecular complexity index is 793. The molecule has 0 amide bonds. The summed E-state index contributed by atoms with van der Waals surface area (Å²) in [4.78, 5) is 19.5. The van der Waals surface area contributed by atoms with Crippen LogP contribution in [0, 0.1) is 0 Å². The number of nitrogens with zero attached hydrogens (tertiary/aromatic N) is 1. The Kier molecular flexibility index (Phi) is 3.58. The van der Waals surface area contributed by atoms with Crippen LogP contribution < -0.4 is 10.9 Å². The zero-order valence-corrected chi connectivity index (χ0v) is 12.0. The van der Waals surface area contributed by atoms with Gasteiger partial charge in [0.1, 0.15) is 12.1 Å². The van der Waals surface area contributed by atoms with E-state index in [4.69, 9.17) is 4.42 Å². The number of furan rings is 1. The first-order valence-electron chi connectivity index (χ1n) is 7.02. The van der Waals surface area contributed by atoms with Gasteiger partial charge in [0, 0.05) is 0 Å². The van der Waals surface area contributed by atoms with Crippen molar-refractivity contribution in [1.82, 2.24) is 9.97 Å². The highest BCUT2D eigenvalue weighted by Gasteiger charge is 2.19. The first-order valence-corrected chi connectivity index (χ1v) is 7.02. The van der Waals surface area contributed by atoms with Crippen LogP contribution in [0.2, 0.25) is 0 Å². The first-order chi connectivity index (χ1) is 10.1. The van der Waals surface area contributed by atoms with Crippen molar-refractivity contribution in [3.8, 4) is 0 Å². The molecule has 2 atom stereocenters. The Morgan fingerprint density at radius 3 is 2.71 bits per heavy atom. The van der Waals surface area contributed by atoms with E-state index in [1.54, 1.807) is 12.3 Å². The molecule has 0 spiro atoms. The Morgan fingerprint density at radius 2 is 1.95 bits per heavy atom. The Labute approximate surface area is 122 Å². The van der Waals surface area contributed by atoms with Gasteiger partial charge in [-0.1, -0.05) is 12.1 Å². The number of rotatable bonds is 4. The van der Waals surface area contributed by atoms with Crippen molar-refractivity contribution in [3.05, 3.63) is 64.6 Å². The zero-order chi connectivity index (χ0) is 14.8. The molecular weight excluding hydrogens is 266 g/mol. The van der Waals surface area contributed by atoms with E-state index < -0.39 is 0 Å². The number of aromatic amines is 1. The lowest BCUT2D eigenvalue weighted by molar-refractivity contribution is -0.731. The van der Waals surface area contributed by atoms with Crippen LogP contribution in [0.25, 0.3) is 10.9 Å². The van der Waals surface area contributed by atoms with Gasteiger partial charge < -0.3 is 14.7 Å². The second-order valence-electron chi connectivity index (χ2n) is 5.25. The summed E-state index contributed by atoms with van der Waals surface area (Å²) in [5.41, 5.74) is 0.628. The largest absolute Gasteiger partial charge is 0.463 e. The van der Waals surface area contributed by atoms with Crippen LogP contribution >= 0.6 is 0 Å². The van der Waals surface area contributed by atoms with Crippen LogP contribution in [0.5, 0.6) is 0 Å². The van der Waals surface area contributed by atoms with Crippen LogP contribution in [0.3, 0.4) is 0 Å². The van der Waals surface area contributed by atoms with E-state index in [9.17, 15) is 4.79 Å². The number of aromatic nitrogens is 2. The molecule has 0 fully saturated rings. The molecule has 5 nitrogen and oxygen atoms in total. The van der Waals surface area contributed by atoms with Crippen molar-refractivity contribution in [2.24, 2.45) is 0 Å². The van der Waals surface area contributed by atoms with Crippen LogP contribution in [0.1, 0.15) is 37.5 Å². The number of hydrogen-bond donors (Lipinski definition) is 2. The minimum atomic E-state index is -0.0958. The number of nitrogens with two attached hydrogens (primary N) is 1. The molecule has 2 heterocycles. The average Bonchev–Trinajstić information content (AvgIpc) is 3.01. The highest BCUT2D eigenvalue weighted by Crippen LogP contribution is 2.12. The van der Waals surface area contributed by atoms with Gasteiger partial charge in [0.15, 0.2) is 11.6 Å². The van der Waals surface area contributed by atoms with Gasteiger partial charge in [0.25, 0.3) is 5.56 Å². The number of H-pyrrole nitrogens is 1. The van der Waals surface area contributed by atoms with E-state index in [-0.39, 0.29) is 17.6 Å². The Hall–Kier alpha value is -2.40. The van der Waals surface area contributed by atoms with E-state index in [0.29, 0.717) is 11.2 Å². The summed E-state index contributed by atoms with van der Waals surface area (Å²) in [5.74, 6) is 1.59. The predicted octanol–water partition coefficient (Wildman–Crippen LogP) is 1.90. The smallest absolute Gasteiger partial charge is 0.258 e. The Balaban J connectivity index is 1.88. The van der Waals surface area contributed by atoms with Crippen molar-refractivity contribution in [2.75, 3.05) is 0 Å². The standard InChI is InChI=1S/C16H17N3O2/c1-10(14-8-5-9-21-14)17-11(2)15-18-13-7-4-3-6-12(13)16(20)19-15/h3-11,17H,1-2H3,(H,18,19,20)/p+1/t10-,11+/m1/s1. The third kappa shape index (κ3) is 2.73. The third-order valence-electron chi connectivity index (χ3n) is 3.63. The van der Waals surface area contributed by atoms with Crippen LogP contribution in [0.15, 0.2) is 51.9 Å². The molecule has 0 radical (unpaired) electrons. The van der Waals surface area contributed by atoms with Crippen molar-refractivity contribution >= 4 is 10.9 Å². The topological polar surface area (TPSA) is 75.5 Å². The molecule has 3 aromatic rings. The molecule has 0 aliphatic carbocycles. The highest BCUT2D eigenvalue weighted by atomic mass is 16.3. The maximum Gasteiger partial charge on any atom is 0.258 e. The molecule has 5 heteroatoms. The molecule has 0 aliphatic heterocycles. The molecule has 2 aromatic heterocycles. The second kappa shape index (κ2) is 5.54. The van der Waals surface area contributed by atoms with E-state index in [1.807, 2.05) is 37.3 Å². The van der Waals surface area contributed by atoms with Gasteiger partial charge in [-0.2, -0.15) is 0 Å². The van der Waals surface area contributed by atoms with Gasteiger partial charge in [-0.15, -0.1) is 0 Å². The van der Waals surface area contributed by atoms with Crippen LogP contribution in [-0.4, -0.2) is 9.97 Å². The lowest BCUT2D eigenvalue weighted by atomic mass is 10.2. The number of nitrogens with one attached hydrogen (secondary N) is 1. The van der Waals surface area contributed by atoms with Crippen molar-refractivity contribution in [1.29, 1.82) is 0 Å². The highest BCUT2D eigenvalue weighted by molar-refractivity contribution is 5.77. The molecule has 0 saturated heterocycles. The summed E-state index contributed by atoms with van der Waals surface area (Å²) >= 11 is 0. The monoisotopic (exact) mass is 284 g/mol. The molecule has 3 rings (SSSR count). The summed E-state index contributed by atoms with van der Waals surface area (Å²) in [6, 6.07) is 11.4. The molecule has 3 N–H and O–H groups in total. The fourth-order valence-electron chi connectivity index (χ4n) is 2.49. The second-order valence-corrected chi connectivity index (χ2v) is 5.25. The summed E-state index contributed by atoms with van der Waals surface area (Å²) in [6.45, 7) is 4.08. The molecule has 0 saturated carbocycles. The van der Waals surface area contributed by atoms with Gasteiger partial charge >= 0.3 is 0 Å². The summed E-state index contributed by atoms with van der Waals surface area (Å²) in [7, 11) is 0. The lowest BCUT2D eigenvalue weighted by Crippen LogP contribution is -2.85. The zero-order valence-electron chi connectivity index (χ0n) is 12.0. The summed E-state index contributed by atoms with van der Waals surface area (Å²) in [6.07, 6.45) is 1.67. The molecule has 108 valence electrons. The van der Waals surface area contributed by atoms with E-state index in [1.165, 1.54) is 0 Å². The lowest BCUT2D eigenvalue weighted by Gasteiger charge is -2.14. The normalized spacial score (nSPS) is 14.2. The molecule has 0 aliphatic rings. The van der Waals surface area contributed by atoms with Crippen LogP contribution in [-0.2, 0) is 0 Å². The number of hydrogen-bond acceptors (Lipinski definition) is 3. The number of para-hydroxylation sites is 1. The summed E-state index contributed by atoms with van der Waals surface area (Å²) < 4.78 is 5.40. The van der Waals surface area contributed by atoms with Gasteiger partial charge in [-0.05, 0) is 38.1 Å². The maximum atomic E-state index is 12.1. The fourth-order valence-corrected chi connectivity index (χ4v) is 2.49.